The fourth-order valence-electron chi connectivity index (χ4n) is 5.73. The van der Waals surface area contributed by atoms with E-state index >= 15 is 0 Å². The van der Waals surface area contributed by atoms with Crippen LogP contribution >= 0.6 is 11.8 Å². The Morgan fingerprint density at radius 3 is 2.35 bits per heavy atom. The number of hydrogen-bond acceptors (Lipinski definition) is 7. The molecule has 11 nitrogen and oxygen atoms in total. The number of primary amides is 1. The number of amides is 5. The molecule has 1 aromatic carbocycles. The fourth-order valence-corrected chi connectivity index (χ4v) is 6.21. The number of nitrogens with zero attached hydrogens (tertiary/aromatic N) is 2. The maximum atomic E-state index is 14.0. The average molecular weight is 618 g/mol. The summed E-state index contributed by atoms with van der Waals surface area (Å²) in [7, 11) is 0. The van der Waals surface area contributed by atoms with Gasteiger partial charge in [0.2, 0.25) is 23.6 Å². The molecule has 2 saturated heterocycles. The number of alkyl carbamates (subject to hydrolysis) is 1. The van der Waals surface area contributed by atoms with Crippen molar-refractivity contribution in [3.63, 3.8) is 0 Å². The standard InChI is InChI=1S/C31H47N5O6S/c1-19(2)16-24(27(38)33-22(26(32)37)13-15-43-6)36-18-21-12-14-35(25(21)29(36)40)28(39)23(17-20-10-8-7-9-11-20)34-30(41)42-31(3,4)5/h7-11,19,21-25H,12-18H2,1-6H3,(H2,32,37)(H,33,38)(H,34,41)/t21-,22-,23-,24+,25-/m0/s1. The summed E-state index contributed by atoms with van der Waals surface area (Å²) in [4.78, 5) is 69.3. The summed E-state index contributed by atoms with van der Waals surface area (Å²) in [5.74, 6) is -1.12. The first-order valence-electron chi connectivity index (χ1n) is 14.9. The number of carbonyl (C=O) groups is 5. The van der Waals surface area contributed by atoms with E-state index in [4.69, 9.17) is 10.5 Å². The largest absolute Gasteiger partial charge is 0.444 e. The van der Waals surface area contributed by atoms with Crippen LogP contribution in [0, 0.1) is 11.8 Å². The molecule has 2 aliphatic heterocycles. The average Bonchev–Trinajstić information content (AvgIpc) is 3.48. The Labute approximate surface area is 259 Å². The third-order valence-electron chi connectivity index (χ3n) is 7.69. The molecule has 0 bridgehead atoms. The number of nitrogens with one attached hydrogen (secondary N) is 2. The highest BCUT2D eigenvalue weighted by Crippen LogP contribution is 2.35. The lowest BCUT2D eigenvalue weighted by atomic mass is 10.0. The number of hydrogen-bond donors (Lipinski definition) is 3. The molecule has 0 unspecified atom stereocenters. The Balaban J connectivity index is 1.82. The van der Waals surface area contributed by atoms with E-state index in [1.54, 1.807) is 42.3 Å². The van der Waals surface area contributed by atoms with Crippen molar-refractivity contribution in [2.24, 2.45) is 17.6 Å². The van der Waals surface area contributed by atoms with Gasteiger partial charge in [0, 0.05) is 25.4 Å². The third kappa shape index (κ3) is 9.35. The lowest BCUT2D eigenvalue weighted by Crippen LogP contribution is -2.56. The summed E-state index contributed by atoms with van der Waals surface area (Å²) in [5.41, 5.74) is 5.66. The SMILES string of the molecule is CSCC[C@H](NC(=O)[C@@H](CC(C)C)N1C[C@@H]2CCN(C(=O)[C@H](Cc3ccccc3)NC(=O)OC(C)(C)C)[C@@H]2C1=O)C(N)=O. The van der Waals surface area contributed by atoms with Gasteiger partial charge in [0.05, 0.1) is 0 Å². The second-order valence-corrected chi connectivity index (χ2v) is 13.8. The van der Waals surface area contributed by atoms with Crippen molar-refractivity contribution in [2.45, 2.75) is 90.1 Å². The Morgan fingerprint density at radius 2 is 1.77 bits per heavy atom. The van der Waals surface area contributed by atoms with E-state index in [1.807, 2.05) is 50.4 Å². The van der Waals surface area contributed by atoms with Crippen LogP contribution in [0.1, 0.15) is 59.4 Å². The highest BCUT2D eigenvalue weighted by molar-refractivity contribution is 7.98. The van der Waals surface area contributed by atoms with E-state index in [0.29, 0.717) is 38.1 Å². The van der Waals surface area contributed by atoms with Crippen LogP contribution in [-0.4, -0.2) is 94.4 Å². The summed E-state index contributed by atoms with van der Waals surface area (Å²) in [5, 5.41) is 5.51. The predicted molar refractivity (Wildman–Crippen MR) is 166 cm³/mol. The number of ether oxygens (including phenoxy) is 1. The quantitative estimate of drug-likeness (QED) is 0.307. The van der Waals surface area contributed by atoms with Gasteiger partial charge in [-0.1, -0.05) is 44.2 Å². The molecule has 5 amide bonds. The van der Waals surface area contributed by atoms with Crippen LogP contribution in [-0.2, 0) is 30.3 Å². The minimum atomic E-state index is -0.944. The molecule has 238 valence electrons. The minimum Gasteiger partial charge on any atom is -0.444 e. The van der Waals surface area contributed by atoms with E-state index in [2.05, 4.69) is 10.6 Å². The fraction of sp³-hybridized carbons (Fsp3) is 0.645. The zero-order valence-corrected chi connectivity index (χ0v) is 26.9. The maximum absolute atomic E-state index is 14.0. The smallest absolute Gasteiger partial charge is 0.408 e. The number of benzene rings is 1. The summed E-state index contributed by atoms with van der Waals surface area (Å²) >= 11 is 1.55. The van der Waals surface area contributed by atoms with Crippen LogP contribution < -0.4 is 16.4 Å². The normalized spacial score (nSPS) is 20.4. The van der Waals surface area contributed by atoms with Crippen molar-refractivity contribution in [3.05, 3.63) is 35.9 Å². The molecule has 43 heavy (non-hydrogen) atoms. The van der Waals surface area contributed by atoms with Crippen LogP contribution in [0.15, 0.2) is 30.3 Å². The molecule has 0 aliphatic carbocycles. The number of rotatable bonds is 13. The van der Waals surface area contributed by atoms with Gasteiger partial charge in [-0.05, 0) is 63.5 Å². The Kier molecular flexibility index (Phi) is 11.9. The monoisotopic (exact) mass is 617 g/mol. The van der Waals surface area contributed by atoms with Gasteiger partial charge >= 0.3 is 6.09 Å². The molecule has 3 rings (SSSR count). The molecule has 0 aromatic heterocycles. The minimum absolute atomic E-state index is 0.0910. The number of nitrogens with two attached hydrogens (primary N) is 1. The number of likely N-dealkylation sites (tertiary alicyclic amines) is 2. The van der Waals surface area contributed by atoms with Gasteiger partial charge in [0.25, 0.3) is 0 Å². The molecular weight excluding hydrogens is 570 g/mol. The lowest BCUT2D eigenvalue weighted by molar-refractivity contribution is -0.145. The first-order valence-corrected chi connectivity index (χ1v) is 16.3. The van der Waals surface area contributed by atoms with Crippen LogP contribution in [0.25, 0.3) is 0 Å². The molecule has 4 N–H and O–H groups in total. The zero-order valence-electron chi connectivity index (χ0n) is 26.1. The van der Waals surface area contributed by atoms with Crippen LogP contribution in [0.5, 0.6) is 0 Å². The zero-order chi connectivity index (χ0) is 31.9. The van der Waals surface area contributed by atoms with Gasteiger partial charge in [-0.2, -0.15) is 11.8 Å². The van der Waals surface area contributed by atoms with Crippen molar-refractivity contribution < 1.29 is 28.7 Å². The summed E-state index contributed by atoms with van der Waals surface area (Å²) in [6.07, 6.45) is 2.81. The Hall–Kier alpha value is -3.28. The molecular formula is C31H47N5O6S. The summed E-state index contributed by atoms with van der Waals surface area (Å²) < 4.78 is 5.44. The van der Waals surface area contributed by atoms with Crippen LogP contribution in [0.4, 0.5) is 4.79 Å². The second-order valence-electron chi connectivity index (χ2n) is 12.8. The number of fused-ring (bicyclic) bond motifs is 1. The van der Waals surface area contributed by atoms with Crippen LogP contribution in [0.3, 0.4) is 0 Å². The molecule has 0 saturated carbocycles. The molecule has 1 aromatic rings. The molecule has 0 radical (unpaired) electrons. The topological polar surface area (TPSA) is 151 Å². The summed E-state index contributed by atoms with van der Waals surface area (Å²) in [6.45, 7) is 9.86. The van der Waals surface area contributed by atoms with E-state index < -0.39 is 47.7 Å². The molecule has 12 heteroatoms. The van der Waals surface area contributed by atoms with Gasteiger partial charge in [0.15, 0.2) is 0 Å². The first-order chi connectivity index (χ1) is 20.2. The van der Waals surface area contributed by atoms with Crippen molar-refractivity contribution in [1.82, 2.24) is 20.4 Å². The van der Waals surface area contributed by atoms with E-state index in [-0.39, 0.29) is 30.1 Å². The van der Waals surface area contributed by atoms with Gasteiger partial charge in [-0.3, -0.25) is 19.2 Å². The third-order valence-corrected chi connectivity index (χ3v) is 8.33. The summed E-state index contributed by atoms with van der Waals surface area (Å²) in [6, 6.07) is 6.03. The van der Waals surface area contributed by atoms with Crippen molar-refractivity contribution >= 4 is 41.5 Å². The van der Waals surface area contributed by atoms with E-state index in [1.165, 1.54) is 0 Å². The number of thioether (sulfide) groups is 1. The lowest BCUT2D eigenvalue weighted by Gasteiger charge is -2.32. The molecule has 0 spiro atoms. The Bertz CT molecular complexity index is 1160. The Morgan fingerprint density at radius 1 is 1.09 bits per heavy atom. The maximum Gasteiger partial charge on any atom is 0.408 e. The molecule has 2 heterocycles. The highest BCUT2D eigenvalue weighted by atomic mass is 32.2. The van der Waals surface area contributed by atoms with E-state index in [0.717, 1.165) is 5.56 Å². The van der Waals surface area contributed by atoms with Crippen molar-refractivity contribution in [3.8, 4) is 0 Å². The molecule has 5 atom stereocenters. The van der Waals surface area contributed by atoms with Crippen LogP contribution in [0.2, 0.25) is 0 Å². The van der Waals surface area contributed by atoms with Gasteiger partial charge in [-0.15, -0.1) is 0 Å². The van der Waals surface area contributed by atoms with Gasteiger partial charge in [0.1, 0.15) is 29.8 Å². The van der Waals surface area contributed by atoms with Gasteiger partial charge < -0.3 is 30.9 Å². The van der Waals surface area contributed by atoms with E-state index in [9.17, 15) is 24.0 Å². The molecule has 2 aliphatic rings. The second kappa shape index (κ2) is 14.9. The van der Waals surface area contributed by atoms with Crippen molar-refractivity contribution in [2.75, 3.05) is 25.1 Å². The number of carbonyl (C=O) groups excluding carboxylic acids is 5. The first kappa shape index (κ1) is 34.2. The van der Waals surface area contributed by atoms with Crippen molar-refractivity contribution in [1.29, 1.82) is 0 Å². The predicted octanol–water partition coefficient (Wildman–Crippen LogP) is 2.32. The highest BCUT2D eigenvalue weighted by Gasteiger charge is 2.53. The molecule has 2 fully saturated rings. The van der Waals surface area contributed by atoms with Gasteiger partial charge in [-0.25, -0.2) is 4.79 Å².